The van der Waals surface area contributed by atoms with Crippen molar-refractivity contribution in [2.45, 2.75) is 18.6 Å². The van der Waals surface area contributed by atoms with Gasteiger partial charge in [0.1, 0.15) is 10.9 Å². The number of nitrogens with zero attached hydrogens (tertiary/aromatic N) is 3. The Morgan fingerprint density at radius 1 is 1.08 bits per heavy atom. The van der Waals surface area contributed by atoms with Crippen molar-refractivity contribution in [2.24, 2.45) is 0 Å². The molecule has 7 nitrogen and oxygen atoms in total. The largest absolute Gasteiger partial charge is 0.508 e. The third-order valence-electron chi connectivity index (χ3n) is 6.54. The highest BCUT2D eigenvalue weighted by Crippen LogP contribution is 2.44. The second-order valence-corrected chi connectivity index (χ2v) is 10.2. The number of amides is 1. The first-order chi connectivity index (χ1) is 18.6. The number of hydrogen-bond acceptors (Lipinski definition) is 5. The van der Waals surface area contributed by atoms with Crippen molar-refractivity contribution < 1.29 is 31.9 Å². The summed E-state index contributed by atoms with van der Waals surface area (Å²) in [4.78, 5) is 19.3. The minimum absolute atomic E-state index is 0.0481. The highest BCUT2D eigenvalue weighted by molar-refractivity contribution is 9.10. The van der Waals surface area contributed by atoms with Gasteiger partial charge in [-0.15, -0.1) is 0 Å². The Balaban J connectivity index is 1.50. The summed E-state index contributed by atoms with van der Waals surface area (Å²) < 4.78 is 54.2. The van der Waals surface area contributed by atoms with E-state index in [4.69, 9.17) is 20.4 Å². The number of aromatic nitrogens is 2. The average Bonchev–Trinajstić information content (AvgIpc) is 3.70. The first-order valence-corrected chi connectivity index (χ1v) is 12.6. The van der Waals surface area contributed by atoms with Gasteiger partial charge in [0.05, 0.1) is 36.7 Å². The van der Waals surface area contributed by atoms with Gasteiger partial charge >= 0.3 is 6.18 Å². The van der Waals surface area contributed by atoms with Gasteiger partial charge in [-0.2, -0.15) is 13.2 Å². The van der Waals surface area contributed by atoms with E-state index in [0.29, 0.717) is 22.0 Å². The van der Waals surface area contributed by atoms with E-state index in [1.54, 1.807) is 24.4 Å². The van der Waals surface area contributed by atoms with Crippen LogP contribution in [0.3, 0.4) is 0 Å². The van der Waals surface area contributed by atoms with E-state index in [1.807, 2.05) is 0 Å². The summed E-state index contributed by atoms with van der Waals surface area (Å²) >= 11 is 9.93. The molecule has 1 aliphatic heterocycles. The molecule has 5 aromatic rings. The molecule has 4 aromatic heterocycles. The van der Waals surface area contributed by atoms with Crippen molar-refractivity contribution >= 4 is 44.7 Å². The Hall–Kier alpha value is -3.96. The zero-order valence-corrected chi connectivity index (χ0v) is 22.0. The zero-order chi connectivity index (χ0) is 27.5. The second kappa shape index (κ2) is 9.35. The molecule has 1 aliphatic rings. The predicted octanol–water partition coefficient (Wildman–Crippen LogP) is 7.96. The minimum atomic E-state index is -4.78. The number of rotatable bonds is 4. The summed E-state index contributed by atoms with van der Waals surface area (Å²) in [5.41, 5.74) is 0.526. The molecule has 6 rings (SSSR count). The molecule has 0 spiro atoms. The summed E-state index contributed by atoms with van der Waals surface area (Å²) in [7, 11) is 0. The van der Waals surface area contributed by atoms with Crippen LogP contribution in [0.2, 0.25) is 5.15 Å². The molecule has 0 fully saturated rings. The summed E-state index contributed by atoms with van der Waals surface area (Å²) in [6, 6.07) is 8.30. The summed E-state index contributed by atoms with van der Waals surface area (Å²) in [6.07, 6.45) is 4.12. The monoisotopic (exact) mass is 617 g/mol. The van der Waals surface area contributed by atoms with E-state index in [0.717, 1.165) is 21.6 Å². The van der Waals surface area contributed by atoms with Gasteiger partial charge in [-0.1, -0.05) is 27.5 Å². The minimum Gasteiger partial charge on any atom is -0.508 e. The van der Waals surface area contributed by atoms with Gasteiger partial charge in [0.2, 0.25) is 0 Å². The molecule has 1 atom stereocenters. The fourth-order valence-electron chi connectivity index (χ4n) is 4.68. The molecule has 0 saturated carbocycles. The van der Waals surface area contributed by atoms with E-state index in [9.17, 15) is 23.1 Å². The number of carbonyl (C=O) groups is 1. The third kappa shape index (κ3) is 4.41. The summed E-state index contributed by atoms with van der Waals surface area (Å²) in [5, 5.41) is 10.3. The van der Waals surface area contributed by atoms with Crippen LogP contribution in [-0.4, -0.2) is 25.3 Å². The number of fused-ring (bicyclic) bond motifs is 1. The van der Waals surface area contributed by atoms with Gasteiger partial charge in [-0.25, -0.2) is 4.98 Å². The zero-order valence-electron chi connectivity index (χ0n) is 19.6. The molecular formula is C27H16BrClF3N3O4. The van der Waals surface area contributed by atoms with Crippen LogP contribution in [0, 0.1) is 0 Å². The van der Waals surface area contributed by atoms with E-state index in [1.165, 1.54) is 48.3 Å². The average molecular weight is 619 g/mol. The molecule has 39 heavy (non-hydrogen) atoms. The summed E-state index contributed by atoms with van der Waals surface area (Å²) in [6.45, 7) is 0. The number of phenols is 1. The molecule has 1 aromatic carbocycles. The van der Waals surface area contributed by atoms with Gasteiger partial charge in [-0.3, -0.25) is 9.20 Å². The molecule has 198 valence electrons. The van der Waals surface area contributed by atoms with Crippen LogP contribution < -0.4 is 0 Å². The topological polar surface area (TPSA) is 84.1 Å². The fourth-order valence-corrected chi connectivity index (χ4v) is 5.31. The fraction of sp³-hybridized carbons (Fsp3) is 0.111. The lowest BCUT2D eigenvalue weighted by Crippen LogP contribution is -2.28. The molecule has 0 bridgehead atoms. The van der Waals surface area contributed by atoms with E-state index < -0.39 is 29.3 Å². The maximum Gasteiger partial charge on any atom is 0.420 e. The molecule has 0 saturated heterocycles. The molecule has 1 amide bonds. The number of aromatic hydroxyl groups is 1. The van der Waals surface area contributed by atoms with Gasteiger partial charge in [0.15, 0.2) is 11.3 Å². The smallest absolute Gasteiger partial charge is 0.420 e. The first-order valence-electron chi connectivity index (χ1n) is 11.5. The van der Waals surface area contributed by atoms with E-state index in [-0.39, 0.29) is 22.2 Å². The van der Waals surface area contributed by atoms with Crippen LogP contribution in [-0.2, 0) is 6.18 Å². The number of alkyl halides is 3. The Morgan fingerprint density at radius 2 is 1.79 bits per heavy atom. The number of imidazole rings is 1. The van der Waals surface area contributed by atoms with Gasteiger partial charge < -0.3 is 18.8 Å². The molecule has 1 unspecified atom stereocenters. The lowest BCUT2D eigenvalue weighted by Gasteiger charge is -2.24. The van der Waals surface area contributed by atoms with Crippen molar-refractivity contribution in [3.8, 4) is 16.9 Å². The van der Waals surface area contributed by atoms with Gasteiger partial charge in [0, 0.05) is 39.1 Å². The van der Waals surface area contributed by atoms with Crippen LogP contribution in [0.1, 0.15) is 39.6 Å². The molecule has 0 radical (unpaired) electrons. The van der Waals surface area contributed by atoms with Crippen molar-refractivity contribution in [1.82, 2.24) is 14.3 Å². The van der Waals surface area contributed by atoms with E-state index >= 15 is 0 Å². The Kier molecular flexibility index (Phi) is 6.07. The van der Waals surface area contributed by atoms with Crippen molar-refractivity contribution in [3.63, 3.8) is 0 Å². The van der Waals surface area contributed by atoms with Crippen molar-refractivity contribution in [2.75, 3.05) is 0 Å². The second-order valence-electron chi connectivity index (χ2n) is 8.90. The van der Waals surface area contributed by atoms with Crippen LogP contribution in [0.5, 0.6) is 5.75 Å². The number of phenolic OH excluding ortho intramolecular Hbond substituents is 1. The highest BCUT2D eigenvalue weighted by atomic mass is 79.9. The van der Waals surface area contributed by atoms with E-state index in [2.05, 4.69) is 20.9 Å². The third-order valence-corrected chi connectivity index (χ3v) is 7.40. The van der Waals surface area contributed by atoms with Crippen LogP contribution in [0.15, 0.2) is 87.2 Å². The predicted molar refractivity (Wildman–Crippen MR) is 139 cm³/mol. The maximum atomic E-state index is 14.1. The number of pyridine rings is 1. The molecule has 12 heteroatoms. The van der Waals surface area contributed by atoms with Gasteiger partial charge in [0.25, 0.3) is 5.91 Å². The SMILES string of the molecule is O=C(c1nc2c(C(F)(F)F)cc(-c3ccoc3)cn2c1Cl)N1C=C(c2ccoc2)CC1c1cc(Br)ccc1O. The lowest BCUT2D eigenvalue weighted by atomic mass is 9.98. The number of carbonyl (C=O) groups excluding carboxylic acids is 1. The number of hydrogen-bond donors (Lipinski definition) is 1. The van der Waals surface area contributed by atoms with Crippen LogP contribution in [0.4, 0.5) is 13.2 Å². The van der Waals surface area contributed by atoms with Crippen molar-refractivity contribution in [3.05, 3.63) is 106 Å². The van der Waals surface area contributed by atoms with Crippen LogP contribution >= 0.6 is 27.5 Å². The summed E-state index contributed by atoms with van der Waals surface area (Å²) in [5.74, 6) is -0.780. The van der Waals surface area contributed by atoms with Crippen molar-refractivity contribution in [1.29, 1.82) is 0 Å². The maximum absolute atomic E-state index is 14.1. The van der Waals surface area contributed by atoms with Crippen LogP contribution in [0.25, 0.3) is 22.3 Å². The molecular weight excluding hydrogens is 603 g/mol. The Morgan fingerprint density at radius 3 is 2.46 bits per heavy atom. The molecule has 5 heterocycles. The normalized spacial score (nSPS) is 15.8. The lowest BCUT2D eigenvalue weighted by molar-refractivity contribution is -0.136. The molecule has 0 aliphatic carbocycles. The Bertz CT molecular complexity index is 1740. The number of halogens is 5. The standard InChI is InChI=1S/C27H16BrClF3N3O4/c28-18-1-2-22(36)19(9-18)21-8-17(15-4-6-39-13-15)10-34(21)26(37)23-24(29)35-11-16(14-3-5-38-12-14)7-20(25(35)33-23)27(30,31)32/h1-7,9-13,21,36H,8H2. The number of furan rings is 2. The quantitative estimate of drug-likeness (QED) is 0.221. The highest BCUT2D eigenvalue weighted by Gasteiger charge is 2.39. The first kappa shape index (κ1) is 25.3. The molecule has 1 N–H and O–H groups in total. The van der Waals surface area contributed by atoms with Gasteiger partial charge in [-0.05, 0) is 48.4 Å². The number of benzene rings is 1. The Labute approximate surface area is 231 Å².